The summed E-state index contributed by atoms with van der Waals surface area (Å²) in [5.74, 6) is -0.734. The Morgan fingerprint density at radius 3 is 2.71 bits per heavy atom. The maximum atomic E-state index is 11.1. The average molecular weight is 327 g/mol. The third-order valence-corrected chi connectivity index (χ3v) is 2.82. The van der Waals surface area contributed by atoms with Crippen molar-refractivity contribution in [2.24, 2.45) is 10.7 Å². The van der Waals surface area contributed by atoms with Crippen LogP contribution >= 0.6 is 0 Å². The van der Waals surface area contributed by atoms with Gasteiger partial charge in [0.05, 0.1) is 12.9 Å². The minimum atomic E-state index is -0.407. The van der Waals surface area contributed by atoms with Gasteiger partial charge in [-0.2, -0.15) is 0 Å². The van der Waals surface area contributed by atoms with E-state index < -0.39 is 5.78 Å². The number of nitrogens with zero attached hydrogens (tertiary/aromatic N) is 2. The average Bonchev–Trinajstić information content (AvgIpc) is 2.61. The first-order valence-corrected chi connectivity index (χ1v) is 7.35. The van der Waals surface area contributed by atoms with Gasteiger partial charge in [0.2, 0.25) is 0 Å². The number of nitrogens with two attached hydrogens (primary N) is 1. The van der Waals surface area contributed by atoms with E-state index in [0.717, 1.165) is 11.3 Å². The second kappa shape index (κ2) is 12.6. The van der Waals surface area contributed by atoms with Gasteiger partial charge in [0, 0.05) is 31.4 Å². The highest BCUT2D eigenvalue weighted by Crippen LogP contribution is 2.17. The molecule has 0 heterocycles. The largest absolute Gasteiger partial charge is 0.503 e. The Morgan fingerprint density at radius 2 is 2.12 bits per heavy atom. The Kier molecular flexibility index (Phi) is 11.1. The number of benzene rings is 1. The van der Waals surface area contributed by atoms with Crippen molar-refractivity contribution in [1.82, 2.24) is 0 Å². The van der Waals surface area contributed by atoms with Crippen LogP contribution in [0.15, 0.2) is 79.3 Å². The lowest BCUT2D eigenvalue weighted by molar-refractivity contribution is -0.115. The molecular formula is C19H25N3O2. The number of aliphatic imine (C=N–C) groups is 1. The number of rotatable bonds is 8. The van der Waals surface area contributed by atoms with E-state index >= 15 is 0 Å². The minimum Gasteiger partial charge on any atom is -0.503 e. The predicted octanol–water partition coefficient (Wildman–Crippen LogP) is 3.51. The number of carbonyl (C=O) groups excluding carboxylic acids is 1. The smallest absolute Gasteiger partial charge is 0.195 e. The maximum Gasteiger partial charge on any atom is 0.195 e. The fourth-order valence-electron chi connectivity index (χ4n) is 1.66. The highest BCUT2D eigenvalue weighted by atomic mass is 16.3. The van der Waals surface area contributed by atoms with Gasteiger partial charge in [-0.15, -0.1) is 13.2 Å². The van der Waals surface area contributed by atoms with Gasteiger partial charge in [-0.1, -0.05) is 24.8 Å². The van der Waals surface area contributed by atoms with Crippen LogP contribution in [-0.4, -0.2) is 23.8 Å². The summed E-state index contributed by atoms with van der Waals surface area (Å²) in [6.45, 7) is 11.0. The molecule has 24 heavy (non-hydrogen) atoms. The summed E-state index contributed by atoms with van der Waals surface area (Å²) in [5, 5.41) is 9.56. The van der Waals surface area contributed by atoms with E-state index in [9.17, 15) is 9.90 Å². The van der Waals surface area contributed by atoms with Gasteiger partial charge in [-0.3, -0.25) is 9.79 Å². The number of Topliss-reactive ketones (excluding diaryl/α,β-unsaturated/α-hetero) is 1. The van der Waals surface area contributed by atoms with Gasteiger partial charge in [-0.25, -0.2) is 0 Å². The van der Waals surface area contributed by atoms with Crippen molar-refractivity contribution in [3.63, 3.8) is 0 Å². The molecule has 1 rings (SSSR count). The molecule has 0 radical (unpaired) electrons. The molecule has 0 spiro atoms. The van der Waals surface area contributed by atoms with Crippen LogP contribution in [0.1, 0.15) is 12.5 Å². The first-order chi connectivity index (χ1) is 11.6. The van der Waals surface area contributed by atoms with Crippen molar-refractivity contribution in [2.45, 2.75) is 13.3 Å². The number of carbonyl (C=O) groups is 1. The van der Waals surface area contributed by atoms with Gasteiger partial charge in [0.15, 0.2) is 11.5 Å². The first kappa shape index (κ1) is 21.1. The predicted molar refractivity (Wildman–Crippen MR) is 102 cm³/mol. The second-order valence-corrected chi connectivity index (χ2v) is 4.51. The number of hydrogen-bond acceptors (Lipinski definition) is 5. The summed E-state index contributed by atoms with van der Waals surface area (Å²) >= 11 is 0. The summed E-state index contributed by atoms with van der Waals surface area (Å²) in [6.07, 6.45) is 8.85. The zero-order valence-corrected chi connectivity index (χ0v) is 14.1. The summed E-state index contributed by atoms with van der Waals surface area (Å²) in [7, 11) is 0. The molecular weight excluding hydrogens is 302 g/mol. The molecule has 1 aromatic rings. The molecule has 0 aliphatic carbocycles. The Balaban J connectivity index is 0.00000254. The monoisotopic (exact) mass is 327 g/mol. The summed E-state index contributed by atoms with van der Waals surface area (Å²) in [5.41, 5.74) is 7.51. The summed E-state index contributed by atoms with van der Waals surface area (Å²) in [6, 6.07) is 7.64. The molecule has 0 saturated carbocycles. The number of hydrogen-bond donors (Lipinski definition) is 2. The van der Waals surface area contributed by atoms with E-state index in [1.807, 2.05) is 24.3 Å². The molecule has 0 amide bonds. The zero-order chi connectivity index (χ0) is 18.4. The molecule has 0 bridgehead atoms. The number of ketones is 1. The molecule has 0 aromatic heterocycles. The van der Waals surface area contributed by atoms with Crippen molar-refractivity contribution in [1.29, 1.82) is 0 Å². The minimum absolute atomic E-state index is 0.150. The lowest BCUT2D eigenvalue weighted by Crippen LogP contribution is -2.25. The molecule has 3 N–H and O–H groups in total. The molecule has 0 aliphatic heterocycles. The maximum absolute atomic E-state index is 11.1. The highest BCUT2D eigenvalue weighted by Gasteiger charge is 2.06. The molecule has 0 saturated heterocycles. The van der Waals surface area contributed by atoms with Crippen LogP contribution in [0, 0.1) is 0 Å². The Labute approximate surface area is 143 Å². The Hall–Kier alpha value is -2.92. The van der Waals surface area contributed by atoms with E-state index in [1.165, 1.54) is 13.1 Å². The van der Waals surface area contributed by atoms with Crippen LogP contribution in [0.4, 0.5) is 5.69 Å². The van der Waals surface area contributed by atoms with Crippen molar-refractivity contribution < 1.29 is 9.90 Å². The van der Waals surface area contributed by atoms with Crippen molar-refractivity contribution >= 4 is 17.7 Å². The highest BCUT2D eigenvalue weighted by molar-refractivity contribution is 5.91. The van der Waals surface area contributed by atoms with Crippen LogP contribution in [0.25, 0.3) is 0 Å². The number of aliphatic hydroxyl groups excluding tert-OH is 1. The van der Waals surface area contributed by atoms with E-state index in [0.29, 0.717) is 6.42 Å². The molecule has 5 nitrogen and oxygen atoms in total. The lowest BCUT2D eigenvalue weighted by Gasteiger charge is -2.19. The second-order valence-electron chi connectivity index (χ2n) is 4.51. The van der Waals surface area contributed by atoms with Gasteiger partial charge >= 0.3 is 0 Å². The summed E-state index contributed by atoms with van der Waals surface area (Å²) < 4.78 is 0. The Bertz CT molecular complexity index is 619. The van der Waals surface area contributed by atoms with Crippen molar-refractivity contribution in [3.05, 3.63) is 79.9 Å². The van der Waals surface area contributed by atoms with E-state index in [4.69, 9.17) is 5.73 Å². The van der Waals surface area contributed by atoms with Crippen LogP contribution in [0.2, 0.25) is 0 Å². The fourth-order valence-corrected chi connectivity index (χ4v) is 1.66. The van der Waals surface area contributed by atoms with Crippen LogP contribution < -0.4 is 10.6 Å². The SMILES string of the molecule is C=C.C=C/C=C\N=CCc1cccc(N(/C=C(/O)C(C)=O)CN)c1. The fraction of sp³-hybridized carbons (Fsp3) is 0.158. The van der Waals surface area contributed by atoms with Crippen molar-refractivity contribution in [2.75, 3.05) is 11.6 Å². The first-order valence-electron chi connectivity index (χ1n) is 7.35. The Morgan fingerprint density at radius 1 is 1.42 bits per heavy atom. The molecule has 0 aliphatic rings. The normalized spacial score (nSPS) is 11.2. The molecule has 1 aromatic carbocycles. The quantitative estimate of drug-likeness (QED) is 0.191. The number of anilines is 1. The molecule has 5 heteroatoms. The standard InChI is InChI=1S/C17H21N3O2.C2H4/c1-3-4-9-19-10-8-15-6-5-7-16(11-15)20(13-18)12-17(22)14(2)21;1-2/h3-7,9-12,22H,1,8,13,18H2,2H3;1-2H2/b9-4-,17-12+,19-10?;. The van der Waals surface area contributed by atoms with E-state index in [1.54, 1.807) is 29.5 Å². The molecule has 0 atom stereocenters. The number of aliphatic hydroxyl groups is 1. The lowest BCUT2D eigenvalue weighted by atomic mass is 10.1. The molecule has 0 fully saturated rings. The molecule has 0 unspecified atom stereocenters. The third kappa shape index (κ3) is 7.91. The number of allylic oxidation sites excluding steroid dienone is 3. The summed E-state index contributed by atoms with van der Waals surface area (Å²) in [4.78, 5) is 16.8. The van der Waals surface area contributed by atoms with Gasteiger partial charge < -0.3 is 15.7 Å². The topological polar surface area (TPSA) is 78.9 Å². The molecule has 128 valence electrons. The van der Waals surface area contributed by atoms with Crippen LogP contribution in [0.3, 0.4) is 0 Å². The van der Waals surface area contributed by atoms with Crippen LogP contribution in [0.5, 0.6) is 0 Å². The third-order valence-electron chi connectivity index (χ3n) is 2.82. The van der Waals surface area contributed by atoms with Crippen LogP contribution in [-0.2, 0) is 11.2 Å². The van der Waals surface area contributed by atoms with Gasteiger partial charge in [0.1, 0.15) is 0 Å². The van der Waals surface area contributed by atoms with Gasteiger partial charge in [0.25, 0.3) is 0 Å². The van der Waals surface area contributed by atoms with E-state index in [2.05, 4.69) is 24.7 Å². The van der Waals surface area contributed by atoms with E-state index in [-0.39, 0.29) is 12.4 Å². The van der Waals surface area contributed by atoms with Gasteiger partial charge in [-0.05, 0) is 23.8 Å². The van der Waals surface area contributed by atoms with Crippen molar-refractivity contribution in [3.8, 4) is 0 Å². The zero-order valence-electron chi connectivity index (χ0n) is 14.1.